The molecule has 0 aliphatic heterocycles. The Balaban J connectivity index is 1.67. The van der Waals surface area contributed by atoms with Crippen LogP contribution in [-0.4, -0.2) is 29.6 Å². The molecule has 6 rings (SSSR count). The molecule has 3 aromatic carbocycles. The molecular weight excluding hydrogens is 470 g/mol. The van der Waals surface area contributed by atoms with E-state index in [4.69, 9.17) is 17.3 Å². The van der Waals surface area contributed by atoms with E-state index in [0.29, 0.717) is 10.7 Å². The Labute approximate surface area is 213 Å². The molecule has 178 valence electrons. The van der Waals surface area contributed by atoms with Crippen molar-refractivity contribution >= 4 is 28.2 Å². The summed E-state index contributed by atoms with van der Waals surface area (Å²) in [5.41, 5.74) is 14.1. The number of aryl methyl sites for hydroxylation is 2. The molecule has 0 radical (unpaired) electrons. The van der Waals surface area contributed by atoms with Crippen LogP contribution in [0.25, 0.3) is 27.7 Å². The van der Waals surface area contributed by atoms with Crippen molar-refractivity contribution in [2.24, 2.45) is 12.8 Å². The van der Waals surface area contributed by atoms with Crippen LogP contribution in [-0.2, 0) is 19.0 Å². The van der Waals surface area contributed by atoms with Gasteiger partial charge in [0.15, 0.2) is 5.65 Å². The molecule has 2 N–H and O–H groups in total. The quantitative estimate of drug-likeness (QED) is 0.359. The Hall–Kier alpha value is -4.07. The fourth-order valence-corrected chi connectivity index (χ4v) is 5.08. The zero-order chi connectivity index (χ0) is 24.9. The van der Waals surface area contributed by atoms with E-state index in [9.17, 15) is 0 Å². The smallest absolute Gasteiger partial charge is 0.180 e. The summed E-state index contributed by atoms with van der Waals surface area (Å²) < 4.78 is 3.71. The van der Waals surface area contributed by atoms with E-state index in [2.05, 4.69) is 57.8 Å². The van der Waals surface area contributed by atoms with Gasteiger partial charge in [0, 0.05) is 17.5 Å². The Kier molecular flexibility index (Phi) is 5.32. The van der Waals surface area contributed by atoms with Crippen LogP contribution >= 0.6 is 11.6 Å². The standard InChI is InChI=1S/C28H24ClN7/c1-3-18-5-4-6-19(13-18)23-15-27-32-33-34-36(27)25-12-9-21(14-24(23)25)28(30,26-16-31-17-35(26)2)20-7-10-22(29)11-8-20/h4-17H,3,30H2,1-2H3. The van der Waals surface area contributed by atoms with Gasteiger partial charge in [0.05, 0.1) is 23.7 Å². The average molecular weight is 494 g/mol. The lowest BCUT2D eigenvalue weighted by molar-refractivity contribution is 0.596. The summed E-state index contributed by atoms with van der Waals surface area (Å²) in [6.07, 6.45) is 4.53. The normalized spacial score (nSPS) is 13.3. The van der Waals surface area contributed by atoms with Gasteiger partial charge in [-0.15, -0.1) is 5.10 Å². The molecule has 0 bridgehead atoms. The number of hydrogen-bond acceptors (Lipinski definition) is 5. The summed E-state index contributed by atoms with van der Waals surface area (Å²) in [5, 5.41) is 14.0. The van der Waals surface area contributed by atoms with Crippen LogP contribution < -0.4 is 5.73 Å². The van der Waals surface area contributed by atoms with Crippen LogP contribution in [0.4, 0.5) is 0 Å². The average Bonchev–Trinajstić information content (AvgIpc) is 3.57. The first-order valence-electron chi connectivity index (χ1n) is 11.8. The summed E-state index contributed by atoms with van der Waals surface area (Å²) >= 11 is 6.22. The van der Waals surface area contributed by atoms with Crippen molar-refractivity contribution in [2.75, 3.05) is 0 Å². The number of rotatable bonds is 5. The minimum atomic E-state index is -0.970. The second-order valence-corrected chi connectivity index (χ2v) is 9.43. The molecule has 6 aromatic rings. The van der Waals surface area contributed by atoms with E-state index in [-0.39, 0.29) is 0 Å². The molecule has 3 aromatic heterocycles. The molecule has 0 aliphatic carbocycles. The number of aromatic nitrogens is 6. The Bertz CT molecular complexity index is 1720. The fraction of sp³-hybridized carbons (Fsp3) is 0.143. The van der Waals surface area contributed by atoms with E-state index in [1.54, 1.807) is 10.8 Å². The lowest BCUT2D eigenvalue weighted by atomic mass is 9.80. The van der Waals surface area contributed by atoms with Crippen molar-refractivity contribution in [3.8, 4) is 11.1 Å². The molecule has 0 saturated heterocycles. The number of pyridine rings is 1. The van der Waals surface area contributed by atoms with Gasteiger partial charge < -0.3 is 10.3 Å². The predicted octanol–water partition coefficient (Wildman–Crippen LogP) is 5.14. The molecule has 0 fully saturated rings. The summed E-state index contributed by atoms with van der Waals surface area (Å²) in [6.45, 7) is 2.16. The van der Waals surface area contributed by atoms with E-state index in [0.717, 1.165) is 45.3 Å². The summed E-state index contributed by atoms with van der Waals surface area (Å²) in [5.74, 6) is 0. The van der Waals surface area contributed by atoms with E-state index >= 15 is 0 Å². The number of imidazole rings is 1. The second-order valence-electron chi connectivity index (χ2n) is 9.00. The second kappa shape index (κ2) is 8.55. The number of tetrazole rings is 1. The highest BCUT2D eigenvalue weighted by atomic mass is 35.5. The predicted molar refractivity (Wildman–Crippen MR) is 142 cm³/mol. The zero-order valence-corrected chi connectivity index (χ0v) is 20.7. The number of nitrogens with zero attached hydrogens (tertiary/aromatic N) is 6. The lowest BCUT2D eigenvalue weighted by Gasteiger charge is -2.31. The molecule has 0 aliphatic rings. The van der Waals surface area contributed by atoms with Gasteiger partial charge >= 0.3 is 0 Å². The molecule has 36 heavy (non-hydrogen) atoms. The Morgan fingerprint density at radius 2 is 1.78 bits per heavy atom. The molecule has 7 nitrogen and oxygen atoms in total. The number of fused-ring (bicyclic) bond motifs is 3. The summed E-state index contributed by atoms with van der Waals surface area (Å²) in [4.78, 5) is 4.36. The van der Waals surface area contributed by atoms with E-state index < -0.39 is 5.54 Å². The van der Waals surface area contributed by atoms with Gasteiger partial charge in [-0.25, -0.2) is 4.98 Å². The summed E-state index contributed by atoms with van der Waals surface area (Å²) in [7, 11) is 1.95. The third-order valence-electron chi connectivity index (χ3n) is 6.90. The maximum absolute atomic E-state index is 7.32. The van der Waals surface area contributed by atoms with Gasteiger partial charge in [0.1, 0.15) is 5.54 Å². The van der Waals surface area contributed by atoms with Crippen molar-refractivity contribution in [1.82, 2.24) is 29.6 Å². The van der Waals surface area contributed by atoms with Gasteiger partial charge in [-0.05, 0) is 75.0 Å². The van der Waals surface area contributed by atoms with Gasteiger partial charge in [-0.2, -0.15) is 4.52 Å². The van der Waals surface area contributed by atoms with Crippen molar-refractivity contribution < 1.29 is 0 Å². The molecule has 0 spiro atoms. The number of hydrogen-bond donors (Lipinski definition) is 1. The van der Waals surface area contributed by atoms with Crippen LogP contribution in [0.1, 0.15) is 29.3 Å². The SMILES string of the molecule is CCc1cccc(-c2cc3nnnn3c3ccc(C(N)(c4ccc(Cl)cc4)c4cncn4C)cc23)c1. The van der Waals surface area contributed by atoms with Crippen molar-refractivity contribution in [3.63, 3.8) is 0 Å². The zero-order valence-electron chi connectivity index (χ0n) is 19.9. The maximum atomic E-state index is 7.32. The van der Waals surface area contributed by atoms with Gasteiger partial charge in [0.25, 0.3) is 0 Å². The van der Waals surface area contributed by atoms with E-state index in [1.165, 1.54) is 5.56 Å². The Morgan fingerprint density at radius 1 is 0.972 bits per heavy atom. The van der Waals surface area contributed by atoms with Crippen LogP contribution in [0.15, 0.2) is 85.3 Å². The first-order valence-corrected chi connectivity index (χ1v) is 12.1. The molecule has 0 amide bonds. The molecule has 1 unspecified atom stereocenters. The largest absolute Gasteiger partial charge is 0.336 e. The van der Waals surface area contributed by atoms with Crippen molar-refractivity contribution in [1.29, 1.82) is 0 Å². The summed E-state index contributed by atoms with van der Waals surface area (Å²) in [6, 6.07) is 24.5. The third-order valence-corrected chi connectivity index (χ3v) is 7.16. The van der Waals surface area contributed by atoms with Gasteiger partial charge in [0.2, 0.25) is 0 Å². The van der Waals surface area contributed by atoms with Crippen LogP contribution in [0, 0.1) is 0 Å². The molecule has 0 saturated carbocycles. The topological polar surface area (TPSA) is 86.9 Å². The Morgan fingerprint density at radius 3 is 2.53 bits per heavy atom. The molecule has 1 atom stereocenters. The minimum Gasteiger partial charge on any atom is -0.336 e. The van der Waals surface area contributed by atoms with Crippen LogP contribution in [0.3, 0.4) is 0 Å². The number of benzene rings is 3. The van der Waals surface area contributed by atoms with Gasteiger partial charge in [-0.1, -0.05) is 61.0 Å². The monoisotopic (exact) mass is 493 g/mol. The minimum absolute atomic E-state index is 0.656. The number of nitrogens with two attached hydrogens (primary N) is 1. The van der Waals surface area contributed by atoms with E-state index in [1.807, 2.05) is 60.3 Å². The fourth-order valence-electron chi connectivity index (χ4n) is 4.95. The van der Waals surface area contributed by atoms with Crippen LogP contribution in [0.2, 0.25) is 5.02 Å². The highest BCUT2D eigenvalue weighted by Gasteiger charge is 2.35. The molecule has 3 heterocycles. The molecule has 8 heteroatoms. The highest BCUT2D eigenvalue weighted by molar-refractivity contribution is 6.30. The lowest BCUT2D eigenvalue weighted by Crippen LogP contribution is -2.40. The number of halogens is 1. The van der Waals surface area contributed by atoms with Crippen molar-refractivity contribution in [3.05, 3.63) is 113 Å². The third kappa shape index (κ3) is 3.47. The maximum Gasteiger partial charge on any atom is 0.180 e. The van der Waals surface area contributed by atoms with Crippen molar-refractivity contribution in [2.45, 2.75) is 18.9 Å². The van der Waals surface area contributed by atoms with Gasteiger partial charge in [-0.3, -0.25) is 0 Å². The van der Waals surface area contributed by atoms with Crippen LogP contribution in [0.5, 0.6) is 0 Å². The first-order chi connectivity index (χ1) is 17.5. The first kappa shape index (κ1) is 22.4. The highest BCUT2D eigenvalue weighted by Crippen LogP contribution is 2.38. The molecular formula is C28H24ClN7.